The lowest BCUT2D eigenvalue weighted by atomic mass is 10.0. The van der Waals surface area contributed by atoms with Gasteiger partial charge in [-0.25, -0.2) is 9.97 Å². The second-order valence-electron chi connectivity index (χ2n) is 7.20. The lowest BCUT2D eigenvalue weighted by molar-refractivity contribution is -0.134. The van der Waals surface area contributed by atoms with E-state index in [1.165, 1.54) is 0 Å². The van der Waals surface area contributed by atoms with Gasteiger partial charge in [-0.3, -0.25) is 4.79 Å². The van der Waals surface area contributed by atoms with Crippen LogP contribution in [-0.4, -0.2) is 47.0 Å². The number of rotatable bonds is 3. The van der Waals surface area contributed by atoms with Crippen molar-refractivity contribution in [1.29, 1.82) is 0 Å². The fourth-order valence-electron chi connectivity index (χ4n) is 3.82. The van der Waals surface area contributed by atoms with E-state index in [2.05, 4.69) is 27.9 Å². The predicted molar refractivity (Wildman–Crippen MR) is 94.8 cm³/mol. The van der Waals surface area contributed by atoms with Gasteiger partial charge in [-0.1, -0.05) is 19.1 Å². The summed E-state index contributed by atoms with van der Waals surface area (Å²) < 4.78 is 0. The van der Waals surface area contributed by atoms with Crippen LogP contribution in [0.2, 0.25) is 0 Å². The zero-order chi connectivity index (χ0) is 16.7. The minimum Gasteiger partial charge on any atom is -0.356 e. The van der Waals surface area contributed by atoms with Crippen molar-refractivity contribution in [3.05, 3.63) is 30.6 Å². The van der Waals surface area contributed by atoms with Gasteiger partial charge in [-0.2, -0.15) is 0 Å². The summed E-state index contributed by atoms with van der Waals surface area (Å²) in [5, 5.41) is 1.11. The van der Waals surface area contributed by atoms with Crippen LogP contribution in [0, 0.1) is 11.8 Å². The number of para-hydroxylation sites is 1. The molecule has 126 valence electrons. The molecule has 1 aliphatic carbocycles. The molecule has 1 saturated carbocycles. The Kier molecular flexibility index (Phi) is 3.87. The molecule has 0 N–H and O–H groups in total. The van der Waals surface area contributed by atoms with Crippen LogP contribution >= 0.6 is 0 Å². The summed E-state index contributed by atoms with van der Waals surface area (Å²) in [4.78, 5) is 25.6. The van der Waals surface area contributed by atoms with Crippen LogP contribution in [-0.2, 0) is 4.79 Å². The fourth-order valence-corrected chi connectivity index (χ4v) is 3.82. The highest BCUT2D eigenvalue weighted by atomic mass is 16.2. The molecule has 1 amide bonds. The Morgan fingerprint density at radius 3 is 2.62 bits per heavy atom. The maximum Gasteiger partial charge on any atom is 0.225 e. The van der Waals surface area contributed by atoms with E-state index in [4.69, 9.17) is 0 Å². The first-order chi connectivity index (χ1) is 11.6. The van der Waals surface area contributed by atoms with Crippen molar-refractivity contribution in [1.82, 2.24) is 14.9 Å². The monoisotopic (exact) mass is 324 g/mol. The minimum atomic E-state index is 0.277. The summed E-state index contributed by atoms with van der Waals surface area (Å²) in [5.74, 6) is 2.21. The molecule has 1 aromatic heterocycles. The molecule has 0 radical (unpaired) electrons. The Morgan fingerprint density at radius 2 is 1.92 bits per heavy atom. The van der Waals surface area contributed by atoms with Crippen LogP contribution in [0.5, 0.6) is 0 Å². The lowest BCUT2D eigenvalue weighted by Gasteiger charge is -2.37. The number of fused-ring (bicyclic) bond motifs is 1. The lowest BCUT2D eigenvalue weighted by Crippen LogP contribution is -2.46. The summed E-state index contributed by atoms with van der Waals surface area (Å²) in [6, 6.07) is 8.50. The van der Waals surface area contributed by atoms with Gasteiger partial charge in [-0.15, -0.1) is 0 Å². The standard InChI is InChI=1S/C19H24N4O/c1-13-11-16(13)19(24)22(2)14-7-9-23(10-8-14)18-15-5-3-4-6-17(15)20-12-21-18/h3-6,12-14,16H,7-11H2,1-2H3/t13-,16+/m1/s1. The van der Waals surface area contributed by atoms with Gasteiger partial charge in [-0.05, 0) is 37.3 Å². The predicted octanol–water partition coefficient (Wildman–Crippen LogP) is 2.71. The first-order valence-corrected chi connectivity index (χ1v) is 8.86. The smallest absolute Gasteiger partial charge is 0.225 e. The first-order valence-electron chi connectivity index (χ1n) is 8.86. The third-order valence-electron chi connectivity index (χ3n) is 5.61. The van der Waals surface area contributed by atoms with E-state index >= 15 is 0 Å². The van der Waals surface area contributed by atoms with Crippen LogP contribution in [0.1, 0.15) is 26.2 Å². The van der Waals surface area contributed by atoms with E-state index in [1.807, 2.05) is 30.1 Å². The topological polar surface area (TPSA) is 49.3 Å². The summed E-state index contributed by atoms with van der Waals surface area (Å²) in [5.41, 5.74) is 0.986. The number of anilines is 1. The maximum atomic E-state index is 12.4. The Labute approximate surface area is 142 Å². The number of carbonyl (C=O) groups excluding carboxylic acids is 1. The van der Waals surface area contributed by atoms with Crippen molar-refractivity contribution in [3.8, 4) is 0 Å². The molecule has 2 heterocycles. The molecule has 1 saturated heterocycles. The van der Waals surface area contributed by atoms with Gasteiger partial charge in [0.1, 0.15) is 12.1 Å². The molecule has 2 atom stereocenters. The van der Waals surface area contributed by atoms with Crippen molar-refractivity contribution in [3.63, 3.8) is 0 Å². The molecule has 1 aromatic carbocycles. The molecule has 2 aromatic rings. The normalized spacial score (nSPS) is 24.2. The summed E-state index contributed by atoms with van der Waals surface area (Å²) in [6.45, 7) is 4.03. The molecule has 0 spiro atoms. The van der Waals surface area contributed by atoms with Gasteiger partial charge in [0.05, 0.1) is 5.52 Å². The van der Waals surface area contributed by atoms with Gasteiger partial charge in [0.15, 0.2) is 0 Å². The van der Waals surface area contributed by atoms with Gasteiger partial charge in [0.2, 0.25) is 5.91 Å². The van der Waals surface area contributed by atoms with Crippen LogP contribution in [0.25, 0.3) is 10.9 Å². The quantitative estimate of drug-likeness (QED) is 0.871. The number of amides is 1. The van der Waals surface area contributed by atoms with Crippen LogP contribution < -0.4 is 4.90 Å². The molecule has 0 bridgehead atoms. The first kappa shape index (κ1) is 15.4. The Balaban J connectivity index is 1.45. The second kappa shape index (κ2) is 6.04. The van der Waals surface area contributed by atoms with Crippen molar-refractivity contribution >= 4 is 22.6 Å². The van der Waals surface area contributed by atoms with E-state index < -0.39 is 0 Å². The van der Waals surface area contributed by atoms with E-state index in [0.717, 1.165) is 49.1 Å². The highest BCUT2D eigenvalue weighted by Gasteiger charge is 2.42. The van der Waals surface area contributed by atoms with Crippen molar-refractivity contribution < 1.29 is 4.79 Å². The number of carbonyl (C=O) groups is 1. The zero-order valence-corrected chi connectivity index (χ0v) is 14.4. The Hall–Kier alpha value is -2.17. The van der Waals surface area contributed by atoms with E-state index in [1.54, 1.807) is 6.33 Å². The van der Waals surface area contributed by atoms with Crippen molar-refractivity contribution in [2.24, 2.45) is 11.8 Å². The van der Waals surface area contributed by atoms with Crippen molar-refractivity contribution in [2.45, 2.75) is 32.2 Å². The average Bonchev–Trinajstić information content (AvgIpc) is 3.37. The molecule has 24 heavy (non-hydrogen) atoms. The van der Waals surface area contributed by atoms with E-state index in [0.29, 0.717) is 17.9 Å². The van der Waals surface area contributed by atoms with E-state index in [-0.39, 0.29) is 5.92 Å². The molecule has 2 aliphatic rings. The largest absolute Gasteiger partial charge is 0.356 e. The number of hydrogen-bond acceptors (Lipinski definition) is 4. The highest BCUT2D eigenvalue weighted by Crippen LogP contribution is 2.39. The Morgan fingerprint density at radius 1 is 1.21 bits per heavy atom. The second-order valence-corrected chi connectivity index (χ2v) is 7.20. The molecule has 0 unspecified atom stereocenters. The van der Waals surface area contributed by atoms with Gasteiger partial charge < -0.3 is 9.80 Å². The summed E-state index contributed by atoms with van der Waals surface area (Å²) in [6.07, 6.45) is 4.71. The summed E-state index contributed by atoms with van der Waals surface area (Å²) >= 11 is 0. The number of nitrogens with zero attached hydrogens (tertiary/aromatic N) is 4. The summed E-state index contributed by atoms with van der Waals surface area (Å²) in [7, 11) is 1.98. The van der Waals surface area contributed by atoms with Crippen LogP contribution in [0.15, 0.2) is 30.6 Å². The van der Waals surface area contributed by atoms with E-state index in [9.17, 15) is 4.79 Å². The molecule has 2 fully saturated rings. The van der Waals surface area contributed by atoms with Crippen LogP contribution in [0.3, 0.4) is 0 Å². The number of aromatic nitrogens is 2. The van der Waals surface area contributed by atoms with Crippen LogP contribution in [0.4, 0.5) is 5.82 Å². The number of hydrogen-bond donors (Lipinski definition) is 0. The average molecular weight is 324 g/mol. The number of benzene rings is 1. The minimum absolute atomic E-state index is 0.277. The SMILES string of the molecule is C[C@@H]1C[C@@H]1C(=O)N(C)C1CCN(c2ncnc3ccccc23)CC1. The maximum absolute atomic E-state index is 12.4. The number of piperidine rings is 1. The molecular formula is C19H24N4O. The molecule has 5 nitrogen and oxygen atoms in total. The molecule has 4 rings (SSSR count). The fraction of sp³-hybridized carbons (Fsp3) is 0.526. The van der Waals surface area contributed by atoms with Crippen molar-refractivity contribution in [2.75, 3.05) is 25.0 Å². The van der Waals surface area contributed by atoms with Gasteiger partial charge in [0, 0.05) is 37.5 Å². The van der Waals surface area contributed by atoms with Gasteiger partial charge >= 0.3 is 0 Å². The third-order valence-corrected chi connectivity index (χ3v) is 5.61. The Bertz CT molecular complexity index is 749. The molecule has 1 aliphatic heterocycles. The third kappa shape index (κ3) is 2.72. The zero-order valence-electron chi connectivity index (χ0n) is 14.4. The molecule has 5 heteroatoms. The van der Waals surface area contributed by atoms with Gasteiger partial charge in [0.25, 0.3) is 0 Å². The highest BCUT2D eigenvalue weighted by molar-refractivity contribution is 5.89. The molecular weight excluding hydrogens is 300 g/mol.